The van der Waals surface area contributed by atoms with E-state index in [1.54, 1.807) is 0 Å². The van der Waals surface area contributed by atoms with Crippen LogP contribution in [-0.2, 0) is 6.54 Å². The van der Waals surface area contributed by atoms with E-state index in [-0.39, 0.29) is 17.1 Å². The summed E-state index contributed by atoms with van der Waals surface area (Å²) in [7, 11) is 0. The maximum Gasteiger partial charge on any atom is 0.358 e. The van der Waals surface area contributed by atoms with Gasteiger partial charge in [0.1, 0.15) is 5.69 Å². The summed E-state index contributed by atoms with van der Waals surface area (Å²) in [5.74, 6) is -1.17. The van der Waals surface area contributed by atoms with Crippen molar-refractivity contribution in [2.24, 2.45) is 0 Å². The third-order valence-corrected chi connectivity index (χ3v) is 2.80. The minimum Gasteiger partial charge on any atom is -0.476 e. The van der Waals surface area contributed by atoms with Crippen molar-refractivity contribution in [2.75, 3.05) is 11.9 Å². The molecule has 10 heteroatoms. The summed E-state index contributed by atoms with van der Waals surface area (Å²) < 4.78 is 1.33. The van der Waals surface area contributed by atoms with E-state index in [0.29, 0.717) is 18.1 Å². The van der Waals surface area contributed by atoms with Crippen LogP contribution >= 0.6 is 11.6 Å². The van der Waals surface area contributed by atoms with Crippen molar-refractivity contribution in [3.8, 4) is 0 Å². The van der Waals surface area contributed by atoms with Gasteiger partial charge in [-0.15, -0.1) is 5.10 Å². The maximum atomic E-state index is 10.9. The van der Waals surface area contributed by atoms with E-state index < -0.39 is 10.9 Å². The molecule has 21 heavy (non-hydrogen) atoms. The largest absolute Gasteiger partial charge is 0.476 e. The van der Waals surface area contributed by atoms with Gasteiger partial charge in [-0.05, 0) is 12.1 Å². The first kappa shape index (κ1) is 14.7. The van der Waals surface area contributed by atoms with E-state index in [4.69, 9.17) is 16.7 Å². The number of rotatable bonds is 6. The number of nitro groups is 1. The summed E-state index contributed by atoms with van der Waals surface area (Å²) in [5, 5.41) is 29.9. The van der Waals surface area contributed by atoms with Crippen LogP contribution in [0.1, 0.15) is 10.5 Å². The van der Waals surface area contributed by atoms with Gasteiger partial charge in [-0.2, -0.15) is 0 Å². The highest BCUT2D eigenvalue weighted by Crippen LogP contribution is 2.27. The van der Waals surface area contributed by atoms with Gasteiger partial charge in [0.15, 0.2) is 5.69 Å². The lowest BCUT2D eigenvalue weighted by atomic mass is 10.2. The van der Waals surface area contributed by atoms with Gasteiger partial charge >= 0.3 is 5.97 Å². The predicted octanol–water partition coefficient (Wildman–Crippen LogP) is 1.65. The number of aromatic carboxylic acids is 1. The molecule has 9 nitrogen and oxygen atoms in total. The number of nitrogens with one attached hydrogen (secondary N) is 1. The van der Waals surface area contributed by atoms with Gasteiger partial charge in [0, 0.05) is 17.6 Å². The number of benzene rings is 1. The van der Waals surface area contributed by atoms with E-state index in [1.807, 2.05) is 0 Å². The Morgan fingerprint density at radius 1 is 1.52 bits per heavy atom. The average Bonchev–Trinajstić information content (AvgIpc) is 2.87. The van der Waals surface area contributed by atoms with Gasteiger partial charge in [-0.3, -0.25) is 10.1 Å². The molecule has 0 fully saturated rings. The van der Waals surface area contributed by atoms with Crippen LogP contribution in [0, 0.1) is 10.1 Å². The highest BCUT2D eigenvalue weighted by Gasteiger charge is 2.13. The van der Waals surface area contributed by atoms with E-state index in [9.17, 15) is 14.9 Å². The number of nitro benzene ring substituents is 1. The predicted molar refractivity (Wildman–Crippen MR) is 73.6 cm³/mol. The molecule has 0 spiro atoms. The van der Waals surface area contributed by atoms with Gasteiger partial charge in [0.2, 0.25) is 0 Å². The summed E-state index contributed by atoms with van der Waals surface area (Å²) in [5.41, 5.74) is 0.0269. The van der Waals surface area contributed by atoms with E-state index in [2.05, 4.69) is 15.6 Å². The first-order chi connectivity index (χ1) is 9.97. The standard InChI is InChI=1S/C11H10ClN5O4/c12-7-1-2-10(17(20)21)8(5-7)13-3-4-16-6-9(11(18)19)14-15-16/h1-2,5-6,13H,3-4H2,(H,18,19). The average molecular weight is 312 g/mol. The number of hydrogen-bond acceptors (Lipinski definition) is 6. The number of carbonyl (C=O) groups is 1. The van der Waals surface area contributed by atoms with E-state index >= 15 is 0 Å². The Morgan fingerprint density at radius 3 is 2.90 bits per heavy atom. The zero-order valence-corrected chi connectivity index (χ0v) is 11.3. The summed E-state index contributed by atoms with van der Waals surface area (Å²) in [6.45, 7) is 0.591. The lowest BCUT2D eigenvalue weighted by Crippen LogP contribution is -2.12. The lowest BCUT2D eigenvalue weighted by Gasteiger charge is -2.07. The lowest BCUT2D eigenvalue weighted by molar-refractivity contribution is -0.384. The third-order valence-electron chi connectivity index (χ3n) is 2.57. The van der Waals surface area contributed by atoms with Crippen LogP contribution in [0.5, 0.6) is 0 Å². The smallest absolute Gasteiger partial charge is 0.358 e. The molecule has 1 aromatic carbocycles. The molecule has 0 bridgehead atoms. The molecule has 2 aromatic rings. The number of aromatic nitrogens is 3. The number of hydrogen-bond donors (Lipinski definition) is 2. The molecule has 0 amide bonds. The molecule has 0 saturated carbocycles. The molecule has 0 unspecified atom stereocenters. The van der Waals surface area contributed by atoms with Crippen LogP contribution in [0.25, 0.3) is 0 Å². The molecular weight excluding hydrogens is 302 g/mol. The number of carboxylic acids is 1. The number of carboxylic acid groups (broad SMARTS) is 1. The highest BCUT2D eigenvalue weighted by atomic mass is 35.5. The minimum absolute atomic E-state index is 0.0933. The zero-order chi connectivity index (χ0) is 15.4. The molecule has 1 aromatic heterocycles. The van der Waals surface area contributed by atoms with Crippen molar-refractivity contribution < 1.29 is 14.8 Å². The van der Waals surface area contributed by atoms with E-state index in [1.165, 1.54) is 29.1 Å². The summed E-state index contributed by atoms with van der Waals surface area (Å²) >= 11 is 5.80. The first-order valence-corrected chi connectivity index (χ1v) is 6.16. The molecule has 1 heterocycles. The van der Waals surface area contributed by atoms with E-state index in [0.717, 1.165) is 0 Å². The molecule has 0 aliphatic rings. The van der Waals surface area contributed by atoms with Gasteiger partial charge in [0.25, 0.3) is 5.69 Å². The van der Waals surface area contributed by atoms with Crippen LogP contribution in [0.15, 0.2) is 24.4 Å². The Bertz CT molecular complexity index is 687. The van der Waals surface area contributed by atoms with Crippen molar-refractivity contribution in [1.82, 2.24) is 15.0 Å². The summed E-state index contributed by atoms with van der Waals surface area (Å²) in [6.07, 6.45) is 1.27. The van der Waals surface area contributed by atoms with Crippen molar-refractivity contribution in [1.29, 1.82) is 0 Å². The number of nitrogens with zero attached hydrogens (tertiary/aromatic N) is 4. The normalized spacial score (nSPS) is 10.3. The third kappa shape index (κ3) is 3.66. The fourth-order valence-corrected chi connectivity index (χ4v) is 1.79. The number of halogens is 1. The van der Waals surface area contributed by atoms with Gasteiger partial charge in [0.05, 0.1) is 17.7 Å². The zero-order valence-electron chi connectivity index (χ0n) is 10.6. The Balaban J connectivity index is 2.01. The molecule has 0 atom stereocenters. The minimum atomic E-state index is -1.17. The fraction of sp³-hybridized carbons (Fsp3) is 0.182. The molecule has 110 valence electrons. The molecule has 0 radical (unpaired) electrons. The maximum absolute atomic E-state index is 10.9. The second-order valence-electron chi connectivity index (χ2n) is 4.02. The van der Waals surface area contributed by atoms with Crippen molar-refractivity contribution in [3.05, 3.63) is 45.2 Å². The highest BCUT2D eigenvalue weighted by molar-refractivity contribution is 6.31. The topological polar surface area (TPSA) is 123 Å². The van der Waals surface area contributed by atoms with Gasteiger partial charge < -0.3 is 10.4 Å². The molecule has 2 rings (SSSR count). The quantitative estimate of drug-likeness (QED) is 0.614. The molecule has 2 N–H and O–H groups in total. The Hall–Kier alpha value is -2.68. The summed E-state index contributed by atoms with van der Waals surface area (Å²) in [4.78, 5) is 21.0. The molecule has 0 aliphatic heterocycles. The summed E-state index contributed by atoms with van der Waals surface area (Å²) in [6, 6.07) is 4.19. The molecular formula is C11H10ClN5O4. The Morgan fingerprint density at radius 2 is 2.29 bits per heavy atom. The van der Waals surface area contributed by atoms with Crippen LogP contribution < -0.4 is 5.32 Å². The molecule has 0 aliphatic carbocycles. The SMILES string of the molecule is O=C(O)c1cn(CCNc2cc(Cl)ccc2[N+](=O)[O-])nn1. The second kappa shape index (κ2) is 6.18. The van der Waals surface area contributed by atoms with Crippen LogP contribution in [0.2, 0.25) is 5.02 Å². The van der Waals surface area contributed by atoms with Crippen molar-refractivity contribution >= 4 is 28.9 Å². The van der Waals surface area contributed by atoms with Crippen molar-refractivity contribution in [2.45, 2.75) is 6.54 Å². The monoisotopic (exact) mass is 311 g/mol. The van der Waals surface area contributed by atoms with Crippen LogP contribution in [0.3, 0.4) is 0 Å². The first-order valence-electron chi connectivity index (χ1n) is 5.78. The van der Waals surface area contributed by atoms with Gasteiger partial charge in [-0.25, -0.2) is 9.48 Å². The fourth-order valence-electron chi connectivity index (χ4n) is 1.62. The van der Waals surface area contributed by atoms with Crippen LogP contribution in [0.4, 0.5) is 11.4 Å². The van der Waals surface area contributed by atoms with Crippen molar-refractivity contribution in [3.63, 3.8) is 0 Å². The Kier molecular flexibility index (Phi) is 4.33. The van der Waals surface area contributed by atoms with Crippen LogP contribution in [-0.4, -0.2) is 37.5 Å². The Labute approximate surface area is 123 Å². The molecule has 0 saturated heterocycles. The van der Waals surface area contributed by atoms with Gasteiger partial charge in [-0.1, -0.05) is 16.8 Å². The second-order valence-corrected chi connectivity index (χ2v) is 4.45. The number of anilines is 1.